The summed E-state index contributed by atoms with van der Waals surface area (Å²) in [6.07, 6.45) is 5.61. The Hall–Kier alpha value is -0.0800. The molecule has 1 aliphatic carbocycles. The Labute approximate surface area is 107 Å². The standard InChI is InChI=1S/C15H30N2/c1-4-8-16-10-14-5-9-17(11-14)12-15(6-7-15)13(2)3/h13-14,16H,4-12H2,1-3H3. The van der Waals surface area contributed by atoms with Gasteiger partial charge in [0.25, 0.3) is 0 Å². The fourth-order valence-corrected chi connectivity index (χ4v) is 3.23. The van der Waals surface area contributed by atoms with Crippen LogP contribution in [0.4, 0.5) is 0 Å². The van der Waals surface area contributed by atoms with Gasteiger partial charge in [0, 0.05) is 13.1 Å². The molecule has 0 aromatic carbocycles. The molecule has 1 saturated carbocycles. The molecule has 2 nitrogen and oxygen atoms in total. The molecular weight excluding hydrogens is 208 g/mol. The molecule has 1 N–H and O–H groups in total. The van der Waals surface area contributed by atoms with E-state index in [1.807, 2.05) is 0 Å². The summed E-state index contributed by atoms with van der Waals surface area (Å²) in [5.41, 5.74) is 0.700. The summed E-state index contributed by atoms with van der Waals surface area (Å²) in [5, 5.41) is 3.57. The van der Waals surface area contributed by atoms with Crippen LogP contribution in [0.2, 0.25) is 0 Å². The van der Waals surface area contributed by atoms with E-state index < -0.39 is 0 Å². The van der Waals surface area contributed by atoms with Gasteiger partial charge in [0.2, 0.25) is 0 Å². The minimum absolute atomic E-state index is 0.700. The largest absolute Gasteiger partial charge is 0.316 e. The Kier molecular flexibility index (Phi) is 4.48. The maximum Gasteiger partial charge on any atom is 0.00406 e. The number of rotatable bonds is 7. The second-order valence-corrected chi connectivity index (χ2v) is 6.61. The number of hydrogen-bond acceptors (Lipinski definition) is 2. The van der Waals surface area contributed by atoms with Crippen LogP contribution in [0.25, 0.3) is 0 Å². The lowest BCUT2D eigenvalue weighted by atomic mass is 9.92. The molecule has 0 aromatic rings. The van der Waals surface area contributed by atoms with Gasteiger partial charge in [-0.1, -0.05) is 20.8 Å². The van der Waals surface area contributed by atoms with Gasteiger partial charge in [-0.3, -0.25) is 0 Å². The van der Waals surface area contributed by atoms with Crippen molar-refractivity contribution in [3.8, 4) is 0 Å². The van der Waals surface area contributed by atoms with Gasteiger partial charge in [-0.2, -0.15) is 0 Å². The third-order valence-corrected chi connectivity index (χ3v) is 4.89. The van der Waals surface area contributed by atoms with Crippen molar-refractivity contribution in [2.45, 2.75) is 46.5 Å². The normalized spacial score (nSPS) is 27.9. The zero-order chi connectivity index (χ0) is 12.3. The highest BCUT2D eigenvalue weighted by Gasteiger charge is 2.46. The maximum absolute atomic E-state index is 3.57. The average molecular weight is 238 g/mol. The van der Waals surface area contributed by atoms with E-state index >= 15 is 0 Å². The number of nitrogens with one attached hydrogen (secondary N) is 1. The van der Waals surface area contributed by atoms with Gasteiger partial charge in [-0.05, 0) is 62.6 Å². The lowest BCUT2D eigenvalue weighted by Crippen LogP contribution is -2.32. The van der Waals surface area contributed by atoms with E-state index in [1.165, 1.54) is 58.4 Å². The average Bonchev–Trinajstić information content (AvgIpc) is 2.94. The predicted octanol–water partition coefficient (Wildman–Crippen LogP) is 2.74. The molecular formula is C15H30N2. The quantitative estimate of drug-likeness (QED) is 0.686. The molecule has 0 radical (unpaired) electrons. The highest BCUT2D eigenvalue weighted by atomic mass is 15.2. The Bertz CT molecular complexity index is 233. The molecule has 17 heavy (non-hydrogen) atoms. The number of likely N-dealkylation sites (tertiary alicyclic amines) is 1. The van der Waals surface area contributed by atoms with Gasteiger partial charge in [-0.25, -0.2) is 0 Å². The van der Waals surface area contributed by atoms with Crippen molar-refractivity contribution in [3.63, 3.8) is 0 Å². The van der Waals surface area contributed by atoms with Crippen molar-refractivity contribution in [1.82, 2.24) is 10.2 Å². The first kappa shape index (κ1) is 13.4. The van der Waals surface area contributed by atoms with E-state index in [4.69, 9.17) is 0 Å². The van der Waals surface area contributed by atoms with Crippen LogP contribution in [0.1, 0.15) is 46.5 Å². The summed E-state index contributed by atoms with van der Waals surface area (Å²) in [7, 11) is 0. The van der Waals surface area contributed by atoms with Crippen molar-refractivity contribution >= 4 is 0 Å². The summed E-state index contributed by atoms with van der Waals surface area (Å²) < 4.78 is 0. The Morgan fingerprint density at radius 3 is 2.71 bits per heavy atom. The Morgan fingerprint density at radius 2 is 2.12 bits per heavy atom. The van der Waals surface area contributed by atoms with Gasteiger partial charge in [0.1, 0.15) is 0 Å². The molecule has 2 aliphatic rings. The van der Waals surface area contributed by atoms with Gasteiger partial charge in [0.05, 0.1) is 0 Å². The van der Waals surface area contributed by atoms with Crippen LogP contribution < -0.4 is 5.32 Å². The number of hydrogen-bond donors (Lipinski definition) is 1. The fraction of sp³-hybridized carbons (Fsp3) is 1.00. The highest BCUT2D eigenvalue weighted by Crippen LogP contribution is 2.52. The summed E-state index contributed by atoms with van der Waals surface area (Å²) in [4.78, 5) is 2.73. The molecule has 2 fully saturated rings. The van der Waals surface area contributed by atoms with Crippen molar-refractivity contribution < 1.29 is 0 Å². The molecule has 0 amide bonds. The van der Waals surface area contributed by atoms with Crippen LogP contribution >= 0.6 is 0 Å². The van der Waals surface area contributed by atoms with Crippen LogP contribution in [0.5, 0.6) is 0 Å². The van der Waals surface area contributed by atoms with Crippen LogP contribution in [-0.2, 0) is 0 Å². The second kappa shape index (κ2) is 5.71. The molecule has 1 saturated heterocycles. The van der Waals surface area contributed by atoms with Gasteiger partial charge >= 0.3 is 0 Å². The van der Waals surface area contributed by atoms with Gasteiger partial charge < -0.3 is 10.2 Å². The van der Waals surface area contributed by atoms with E-state index in [-0.39, 0.29) is 0 Å². The maximum atomic E-state index is 3.57. The molecule has 0 aromatic heterocycles. The molecule has 1 aliphatic heterocycles. The first-order chi connectivity index (χ1) is 8.16. The molecule has 100 valence electrons. The summed E-state index contributed by atoms with van der Waals surface area (Å²) in [6, 6.07) is 0. The van der Waals surface area contributed by atoms with Gasteiger partial charge in [0.15, 0.2) is 0 Å². The Balaban J connectivity index is 1.68. The third-order valence-electron chi connectivity index (χ3n) is 4.89. The first-order valence-corrected chi connectivity index (χ1v) is 7.59. The van der Waals surface area contributed by atoms with Crippen molar-refractivity contribution in [1.29, 1.82) is 0 Å². The first-order valence-electron chi connectivity index (χ1n) is 7.59. The molecule has 0 bridgehead atoms. The lowest BCUT2D eigenvalue weighted by molar-refractivity contribution is 0.212. The SMILES string of the molecule is CCCNCC1CCN(CC2(C(C)C)CC2)C1. The third kappa shape index (κ3) is 3.45. The smallest absolute Gasteiger partial charge is 0.00406 e. The van der Waals surface area contributed by atoms with Crippen LogP contribution in [0.3, 0.4) is 0 Å². The topological polar surface area (TPSA) is 15.3 Å². The van der Waals surface area contributed by atoms with Crippen LogP contribution in [0.15, 0.2) is 0 Å². The highest BCUT2D eigenvalue weighted by molar-refractivity contribution is 4.98. The number of nitrogens with zero attached hydrogens (tertiary/aromatic N) is 1. The Morgan fingerprint density at radius 1 is 1.35 bits per heavy atom. The fourth-order valence-electron chi connectivity index (χ4n) is 3.23. The lowest BCUT2D eigenvalue weighted by Gasteiger charge is -2.26. The summed E-state index contributed by atoms with van der Waals surface area (Å²) in [5.74, 6) is 1.78. The van der Waals surface area contributed by atoms with Crippen LogP contribution in [0, 0.1) is 17.3 Å². The van der Waals surface area contributed by atoms with Crippen molar-refractivity contribution in [3.05, 3.63) is 0 Å². The molecule has 2 rings (SSSR count). The summed E-state index contributed by atoms with van der Waals surface area (Å²) >= 11 is 0. The minimum atomic E-state index is 0.700. The predicted molar refractivity (Wildman–Crippen MR) is 74.2 cm³/mol. The molecule has 2 heteroatoms. The monoisotopic (exact) mass is 238 g/mol. The zero-order valence-electron chi connectivity index (χ0n) is 12.0. The molecule has 0 spiro atoms. The molecule has 1 heterocycles. The van der Waals surface area contributed by atoms with E-state index in [9.17, 15) is 0 Å². The molecule has 1 atom stereocenters. The summed E-state index contributed by atoms with van der Waals surface area (Å²) in [6.45, 7) is 13.5. The molecule has 1 unspecified atom stereocenters. The minimum Gasteiger partial charge on any atom is -0.316 e. The zero-order valence-corrected chi connectivity index (χ0v) is 12.0. The van der Waals surface area contributed by atoms with Crippen molar-refractivity contribution in [2.24, 2.45) is 17.3 Å². The van der Waals surface area contributed by atoms with E-state index in [2.05, 4.69) is 31.0 Å². The van der Waals surface area contributed by atoms with Crippen molar-refractivity contribution in [2.75, 3.05) is 32.7 Å². The van der Waals surface area contributed by atoms with E-state index in [0.29, 0.717) is 5.41 Å². The second-order valence-electron chi connectivity index (χ2n) is 6.61. The van der Waals surface area contributed by atoms with E-state index in [0.717, 1.165) is 11.8 Å². The van der Waals surface area contributed by atoms with Gasteiger partial charge in [-0.15, -0.1) is 0 Å². The van der Waals surface area contributed by atoms with E-state index in [1.54, 1.807) is 0 Å². The van der Waals surface area contributed by atoms with Crippen LogP contribution in [-0.4, -0.2) is 37.6 Å².